The van der Waals surface area contributed by atoms with Gasteiger partial charge < -0.3 is 9.30 Å². The first-order valence-corrected chi connectivity index (χ1v) is 9.78. The van der Waals surface area contributed by atoms with Crippen LogP contribution in [0.3, 0.4) is 0 Å². The Bertz CT molecular complexity index is 1030. The van der Waals surface area contributed by atoms with Crippen LogP contribution in [-0.2, 0) is 4.79 Å². The van der Waals surface area contributed by atoms with E-state index in [9.17, 15) is 14.9 Å². The molecule has 9 heteroatoms. The summed E-state index contributed by atoms with van der Waals surface area (Å²) >= 11 is 6.54. The van der Waals surface area contributed by atoms with Gasteiger partial charge in [-0.2, -0.15) is 0 Å². The van der Waals surface area contributed by atoms with Crippen LogP contribution in [0.15, 0.2) is 29.2 Å². The van der Waals surface area contributed by atoms with Gasteiger partial charge in [0.25, 0.3) is 11.6 Å². The smallest absolute Gasteiger partial charge is 0.271 e. The molecular formula is C19H19N3O4S2. The van der Waals surface area contributed by atoms with Gasteiger partial charge in [0.15, 0.2) is 0 Å². The van der Waals surface area contributed by atoms with Gasteiger partial charge in [-0.1, -0.05) is 24.0 Å². The first-order valence-electron chi connectivity index (χ1n) is 8.55. The third kappa shape index (κ3) is 3.43. The van der Waals surface area contributed by atoms with Crippen LogP contribution >= 0.6 is 24.0 Å². The number of likely N-dealkylation sites (N-methyl/N-ethyl adjacent to an activating group) is 1. The topological polar surface area (TPSA) is 77.6 Å². The molecule has 0 unspecified atom stereocenters. The molecule has 0 bridgehead atoms. The van der Waals surface area contributed by atoms with Crippen molar-refractivity contribution in [3.63, 3.8) is 0 Å². The van der Waals surface area contributed by atoms with E-state index < -0.39 is 4.92 Å². The van der Waals surface area contributed by atoms with Crippen LogP contribution < -0.4 is 4.74 Å². The lowest BCUT2D eigenvalue weighted by molar-refractivity contribution is -0.384. The summed E-state index contributed by atoms with van der Waals surface area (Å²) in [5, 5.41) is 11.2. The predicted octanol–water partition coefficient (Wildman–Crippen LogP) is 4.23. The van der Waals surface area contributed by atoms with Gasteiger partial charge in [0.05, 0.1) is 22.6 Å². The molecule has 1 aromatic carbocycles. The zero-order chi connectivity index (χ0) is 20.6. The van der Waals surface area contributed by atoms with E-state index in [0.717, 1.165) is 17.0 Å². The molecule has 2 heterocycles. The standard InChI is InChI=1S/C19H19N3O4S2/c1-5-20-18(23)17(28-19(20)27)9-13-8-11(2)21(12(13)3)15-10-14(22(24)25)6-7-16(15)26-4/h6-10H,5H2,1-4H3/b17-9-. The summed E-state index contributed by atoms with van der Waals surface area (Å²) in [4.78, 5) is 25.4. The number of nitro groups is 1. The number of aryl methyl sites for hydroxylation is 1. The Balaban J connectivity index is 2.11. The number of benzene rings is 1. The van der Waals surface area contributed by atoms with Crippen molar-refractivity contribution in [3.8, 4) is 11.4 Å². The van der Waals surface area contributed by atoms with Crippen molar-refractivity contribution < 1.29 is 14.5 Å². The maximum atomic E-state index is 12.5. The largest absolute Gasteiger partial charge is 0.495 e. The first kappa shape index (κ1) is 20.1. The number of methoxy groups -OCH3 is 1. The number of hydrogen-bond acceptors (Lipinski definition) is 6. The number of thiocarbonyl (C=S) groups is 1. The monoisotopic (exact) mass is 417 g/mol. The van der Waals surface area contributed by atoms with Crippen molar-refractivity contribution in [2.24, 2.45) is 0 Å². The normalized spacial score (nSPS) is 15.6. The number of nitro benzene ring substituents is 1. The zero-order valence-electron chi connectivity index (χ0n) is 15.9. The highest BCUT2D eigenvalue weighted by Crippen LogP contribution is 2.35. The fourth-order valence-electron chi connectivity index (χ4n) is 3.19. The molecule has 0 aliphatic carbocycles. The predicted molar refractivity (Wildman–Crippen MR) is 114 cm³/mol. The number of thioether (sulfide) groups is 1. The van der Waals surface area contributed by atoms with Crippen LogP contribution in [0.2, 0.25) is 0 Å². The van der Waals surface area contributed by atoms with E-state index in [1.807, 2.05) is 37.5 Å². The fraction of sp³-hybridized carbons (Fsp3) is 0.263. The molecule has 0 spiro atoms. The van der Waals surface area contributed by atoms with E-state index >= 15 is 0 Å². The molecule has 0 atom stereocenters. The Hall–Kier alpha value is -2.65. The number of non-ortho nitro benzene ring substituents is 1. The molecule has 0 N–H and O–H groups in total. The van der Waals surface area contributed by atoms with E-state index in [4.69, 9.17) is 17.0 Å². The minimum atomic E-state index is -0.436. The van der Waals surface area contributed by atoms with Gasteiger partial charge in [0.1, 0.15) is 10.1 Å². The van der Waals surface area contributed by atoms with Crippen molar-refractivity contribution in [2.45, 2.75) is 20.8 Å². The quantitative estimate of drug-likeness (QED) is 0.314. The molecule has 2 aromatic rings. The maximum absolute atomic E-state index is 12.5. The lowest BCUT2D eigenvalue weighted by Gasteiger charge is -2.14. The number of carbonyl (C=O) groups excluding carboxylic acids is 1. The van der Waals surface area contributed by atoms with Crippen LogP contribution in [0.1, 0.15) is 23.9 Å². The average molecular weight is 418 g/mol. The van der Waals surface area contributed by atoms with Crippen LogP contribution in [0.5, 0.6) is 5.75 Å². The van der Waals surface area contributed by atoms with E-state index in [-0.39, 0.29) is 11.6 Å². The highest BCUT2D eigenvalue weighted by Gasteiger charge is 2.31. The molecule has 3 rings (SSSR count). The van der Waals surface area contributed by atoms with Gasteiger partial charge in [-0.05, 0) is 44.5 Å². The van der Waals surface area contributed by atoms with E-state index in [0.29, 0.717) is 27.2 Å². The van der Waals surface area contributed by atoms with Gasteiger partial charge in [-0.3, -0.25) is 19.8 Å². The summed E-state index contributed by atoms with van der Waals surface area (Å²) in [6.45, 7) is 6.22. The summed E-state index contributed by atoms with van der Waals surface area (Å²) in [5.74, 6) is 0.423. The molecule has 0 radical (unpaired) electrons. The van der Waals surface area contributed by atoms with Gasteiger partial charge in [0.2, 0.25) is 0 Å². The number of hydrogen-bond donors (Lipinski definition) is 0. The van der Waals surface area contributed by atoms with E-state index in [2.05, 4.69) is 0 Å². The molecule has 1 saturated heterocycles. The van der Waals surface area contributed by atoms with Gasteiger partial charge in [0, 0.05) is 30.1 Å². The van der Waals surface area contributed by atoms with Crippen molar-refractivity contribution in [1.82, 2.24) is 9.47 Å². The summed E-state index contributed by atoms with van der Waals surface area (Å²) in [7, 11) is 1.52. The first-order chi connectivity index (χ1) is 13.3. The number of ether oxygens (including phenoxy) is 1. The lowest BCUT2D eigenvalue weighted by atomic mass is 10.2. The second-order valence-electron chi connectivity index (χ2n) is 6.20. The Kier molecular flexibility index (Phi) is 5.57. The summed E-state index contributed by atoms with van der Waals surface area (Å²) < 4.78 is 7.84. The molecule has 1 amide bonds. The van der Waals surface area contributed by atoms with Crippen LogP contribution in [0.4, 0.5) is 5.69 Å². The number of aromatic nitrogens is 1. The van der Waals surface area contributed by atoms with Crippen LogP contribution in [-0.4, -0.2) is 38.3 Å². The van der Waals surface area contributed by atoms with Crippen LogP contribution in [0.25, 0.3) is 11.8 Å². The SMILES string of the molecule is CCN1C(=O)/C(=C/c2cc(C)n(-c3cc([N+](=O)[O-])ccc3OC)c2C)SC1=S. The van der Waals surface area contributed by atoms with Gasteiger partial charge in [-0.15, -0.1) is 0 Å². The molecule has 1 fully saturated rings. The summed E-state index contributed by atoms with van der Waals surface area (Å²) in [5.41, 5.74) is 3.12. The van der Waals surface area contributed by atoms with Gasteiger partial charge >= 0.3 is 0 Å². The van der Waals surface area contributed by atoms with Crippen molar-refractivity contribution in [2.75, 3.05) is 13.7 Å². The highest BCUT2D eigenvalue weighted by atomic mass is 32.2. The molecule has 7 nitrogen and oxygen atoms in total. The van der Waals surface area contributed by atoms with Crippen molar-refractivity contribution in [1.29, 1.82) is 0 Å². The number of amides is 1. The van der Waals surface area contributed by atoms with E-state index in [1.54, 1.807) is 11.0 Å². The lowest BCUT2D eigenvalue weighted by Crippen LogP contribution is -2.27. The zero-order valence-corrected chi connectivity index (χ0v) is 17.5. The van der Waals surface area contributed by atoms with Crippen molar-refractivity contribution >= 4 is 46.0 Å². The molecule has 146 valence electrons. The average Bonchev–Trinajstić information content (AvgIpc) is 3.09. The molecule has 0 saturated carbocycles. The summed E-state index contributed by atoms with van der Waals surface area (Å²) in [6.07, 6.45) is 1.82. The number of carbonyl (C=O) groups is 1. The third-order valence-corrected chi connectivity index (χ3v) is 5.94. The minimum Gasteiger partial charge on any atom is -0.495 e. The number of nitrogens with zero attached hydrogens (tertiary/aromatic N) is 3. The van der Waals surface area contributed by atoms with E-state index in [1.165, 1.54) is 31.0 Å². The second-order valence-corrected chi connectivity index (χ2v) is 7.88. The Morgan fingerprint density at radius 3 is 2.61 bits per heavy atom. The van der Waals surface area contributed by atoms with Crippen LogP contribution in [0, 0.1) is 24.0 Å². The molecule has 1 aromatic heterocycles. The molecular weight excluding hydrogens is 398 g/mol. The molecule has 1 aliphatic rings. The maximum Gasteiger partial charge on any atom is 0.271 e. The highest BCUT2D eigenvalue weighted by molar-refractivity contribution is 8.26. The molecule has 28 heavy (non-hydrogen) atoms. The number of rotatable bonds is 5. The Labute approximate surface area is 172 Å². The minimum absolute atomic E-state index is 0.0198. The third-order valence-electron chi connectivity index (χ3n) is 4.56. The second kappa shape index (κ2) is 7.76. The van der Waals surface area contributed by atoms with Crippen molar-refractivity contribution in [3.05, 3.63) is 56.2 Å². The Morgan fingerprint density at radius 1 is 1.32 bits per heavy atom. The molecule has 1 aliphatic heterocycles. The summed E-state index contributed by atoms with van der Waals surface area (Å²) in [6, 6.07) is 6.41. The Morgan fingerprint density at radius 2 is 2.04 bits per heavy atom. The van der Waals surface area contributed by atoms with Gasteiger partial charge in [-0.25, -0.2) is 0 Å². The fourth-order valence-corrected chi connectivity index (χ4v) is 4.56.